The minimum absolute atomic E-state index is 0.234. The molecule has 2 aromatic heterocycles. The van der Waals surface area contributed by atoms with Crippen molar-refractivity contribution >= 4 is 33.5 Å². The number of aryl methyl sites for hydroxylation is 3. The number of furan rings is 1. The first-order valence-corrected chi connectivity index (χ1v) is 10.9. The van der Waals surface area contributed by atoms with Crippen LogP contribution >= 0.6 is 11.3 Å². The summed E-state index contributed by atoms with van der Waals surface area (Å²) in [4.78, 5) is 5.75. The molecule has 1 aliphatic carbocycles. The van der Waals surface area contributed by atoms with Crippen LogP contribution in [0, 0.1) is 25.2 Å². The highest BCUT2D eigenvalue weighted by Gasteiger charge is 2.27. The molecule has 0 fully saturated rings. The van der Waals surface area contributed by atoms with Crippen LogP contribution in [-0.2, 0) is 18.3 Å². The van der Waals surface area contributed by atoms with Gasteiger partial charge in [-0.25, -0.2) is 4.99 Å². The Balaban J connectivity index is 1.97. The second kappa shape index (κ2) is 7.03. The van der Waals surface area contributed by atoms with Gasteiger partial charge in [-0.1, -0.05) is 20.8 Å². The summed E-state index contributed by atoms with van der Waals surface area (Å²) in [5, 5.41) is 22.4. The monoisotopic (exact) mass is 406 g/mol. The summed E-state index contributed by atoms with van der Waals surface area (Å²) in [5.41, 5.74) is 4.91. The van der Waals surface area contributed by atoms with E-state index in [-0.39, 0.29) is 11.2 Å². The summed E-state index contributed by atoms with van der Waals surface area (Å²) in [6.45, 7) is 10.2. The highest BCUT2D eigenvalue weighted by molar-refractivity contribution is 7.16. The molecule has 5 heteroatoms. The highest BCUT2D eigenvalue weighted by atomic mass is 32.1. The molecular weight excluding hydrogens is 380 g/mol. The fourth-order valence-electron chi connectivity index (χ4n) is 4.10. The zero-order valence-electron chi connectivity index (χ0n) is 17.6. The van der Waals surface area contributed by atoms with Gasteiger partial charge in [-0.05, 0) is 50.2 Å². The van der Waals surface area contributed by atoms with E-state index in [1.54, 1.807) is 6.21 Å². The Morgan fingerprint density at radius 2 is 1.97 bits per heavy atom. The Hall–Kier alpha value is -2.58. The zero-order valence-corrected chi connectivity index (χ0v) is 18.5. The molecule has 0 saturated heterocycles. The van der Waals surface area contributed by atoms with E-state index in [0.717, 1.165) is 58.4 Å². The predicted octanol–water partition coefficient (Wildman–Crippen LogP) is 6.62. The molecular formula is C24H26N2O2S. The fraction of sp³-hybridized carbons (Fsp3) is 0.417. The van der Waals surface area contributed by atoms with Crippen LogP contribution in [0.4, 0.5) is 5.00 Å². The lowest BCUT2D eigenvalue weighted by Gasteiger charge is -2.21. The lowest BCUT2D eigenvalue weighted by molar-refractivity contribution is 0.446. The van der Waals surface area contributed by atoms with Gasteiger partial charge in [-0.2, -0.15) is 5.26 Å². The third-order valence-corrected chi connectivity index (χ3v) is 6.97. The van der Waals surface area contributed by atoms with Gasteiger partial charge in [0.05, 0.1) is 5.56 Å². The number of nitrogens with zero attached hydrogens (tertiary/aromatic N) is 2. The van der Waals surface area contributed by atoms with Gasteiger partial charge < -0.3 is 9.52 Å². The minimum atomic E-state index is -0.234. The largest absolute Gasteiger partial charge is 0.507 e. The van der Waals surface area contributed by atoms with E-state index < -0.39 is 0 Å². The van der Waals surface area contributed by atoms with Crippen molar-refractivity contribution in [2.45, 2.75) is 65.7 Å². The maximum Gasteiger partial charge on any atom is 0.135 e. The van der Waals surface area contributed by atoms with Crippen LogP contribution in [0.2, 0.25) is 0 Å². The first kappa shape index (κ1) is 19.7. The molecule has 0 unspecified atom stereocenters. The number of rotatable bonds is 2. The summed E-state index contributed by atoms with van der Waals surface area (Å²) in [5.74, 6) is 1.29. The van der Waals surface area contributed by atoms with Crippen LogP contribution < -0.4 is 0 Å². The predicted molar refractivity (Wildman–Crippen MR) is 119 cm³/mol. The number of benzene rings is 1. The molecule has 0 radical (unpaired) electrons. The van der Waals surface area contributed by atoms with Crippen molar-refractivity contribution in [1.82, 2.24) is 0 Å². The van der Waals surface area contributed by atoms with Crippen molar-refractivity contribution in [3.8, 4) is 11.8 Å². The van der Waals surface area contributed by atoms with Crippen molar-refractivity contribution in [2.24, 2.45) is 4.99 Å². The van der Waals surface area contributed by atoms with Crippen molar-refractivity contribution < 1.29 is 9.52 Å². The molecule has 0 aliphatic heterocycles. The van der Waals surface area contributed by atoms with E-state index in [1.807, 2.05) is 19.9 Å². The lowest BCUT2D eigenvalue weighted by Crippen LogP contribution is -2.12. The molecule has 4 rings (SSSR count). The average Bonchev–Trinajstić information content (AvgIpc) is 3.17. The number of hydrogen-bond acceptors (Lipinski definition) is 5. The molecule has 29 heavy (non-hydrogen) atoms. The van der Waals surface area contributed by atoms with Gasteiger partial charge >= 0.3 is 0 Å². The number of fused-ring (bicyclic) bond motifs is 3. The number of phenols is 1. The summed E-state index contributed by atoms with van der Waals surface area (Å²) in [7, 11) is 0. The lowest BCUT2D eigenvalue weighted by atomic mass is 9.83. The van der Waals surface area contributed by atoms with Crippen molar-refractivity contribution in [3.63, 3.8) is 0 Å². The van der Waals surface area contributed by atoms with Crippen molar-refractivity contribution in [2.75, 3.05) is 0 Å². The third kappa shape index (κ3) is 3.26. The van der Waals surface area contributed by atoms with Gasteiger partial charge in [0.1, 0.15) is 28.2 Å². The van der Waals surface area contributed by atoms with Gasteiger partial charge in [-0.15, -0.1) is 11.3 Å². The molecule has 150 valence electrons. The molecule has 3 aromatic rings. The molecule has 1 N–H and O–H groups in total. The summed E-state index contributed by atoms with van der Waals surface area (Å²) in [6.07, 6.45) is 5.88. The first-order valence-electron chi connectivity index (χ1n) is 10.1. The van der Waals surface area contributed by atoms with Gasteiger partial charge in [0.25, 0.3) is 0 Å². The quantitative estimate of drug-likeness (QED) is 0.486. The normalized spacial score (nSPS) is 14.5. The molecule has 0 atom stereocenters. The summed E-state index contributed by atoms with van der Waals surface area (Å²) < 4.78 is 6.22. The minimum Gasteiger partial charge on any atom is -0.507 e. The van der Waals surface area contributed by atoms with Crippen LogP contribution in [0.1, 0.15) is 72.1 Å². The maximum absolute atomic E-state index is 11.2. The van der Waals surface area contributed by atoms with E-state index >= 15 is 0 Å². The molecule has 1 aromatic carbocycles. The first-order chi connectivity index (χ1) is 13.7. The highest BCUT2D eigenvalue weighted by Crippen LogP contribution is 2.43. The molecule has 2 heterocycles. The van der Waals surface area contributed by atoms with Crippen molar-refractivity contribution in [1.29, 1.82) is 5.26 Å². The Bertz CT molecular complexity index is 1180. The van der Waals surface area contributed by atoms with E-state index in [4.69, 9.17) is 4.42 Å². The Morgan fingerprint density at radius 1 is 1.24 bits per heavy atom. The third-order valence-electron chi connectivity index (χ3n) is 5.85. The van der Waals surface area contributed by atoms with Gasteiger partial charge in [-0.3, -0.25) is 0 Å². The van der Waals surface area contributed by atoms with Gasteiger partial charge in [0, 0.05) is 39.6 Å². The summed E-state index contributed by atoms with van der Waals surface area (Å²) in [6, 6.07) is 4.26. The van der Waals surface area contributed by atoms with Crippen LogP contribution in [0.15, 0.2) is 15.5 Å². The van der Waals surface area contributed by atoms with Crippen molar-refractivity contribution in [3.05, 3.63) is 44.5 Å². The number of aromatic hydroxyl groups is 1. The SMILES string of the molecule is Cc1sc(N=Cc2c(O)c(C(C)(C)C)cc3oc4c(c23)CCCC4)c(C#N)c1C. The van der Waals surface area contributed by atoms with E-state index in [1.165, 1.54) is 16.9 Å². The number of aliphatic imine (C=N–C) groups is 1. The topological polar surface area (TPSA) is 69.5 Å². The Morgan fingerprint density at radius 3 is 2.66 bits per heavy atom. The standard InChI is InChI=1S/C24H26N2O2S/c1-13-14(2)29-23(16(13)11-25)26-12-17-21-15-8-6-7-9-19(15)28-20(21)10-18(22(17)27)24(3,4)5/h10,12,27H,6-9H2,1-5H3. The number of hydrogen-bond donors (Lipinski definition) is 1. The van der Waals surface area contributed by atoms with E-state index in [2.05, 4.69) is 31.8 Å². The maximum atomic E-state index is 11.2. The Labute approximate surface area is 175 Å². The second-order valence-corrected chi connectivity index (χ2v) is 10.1. The molecule has 0 spiro atoms. The molecule has 0 saturated carbocycles. The number of nitriles is 1. The van der Waals surface area contributed by atoms with E-state index in [9.17, 15) is 10.4 Å². The van der Waals surface area contributed by atoms with Crippen LogP contribution in [0.3, 0.4) is 0 Å². The second-order valence-electron chi connectivity index (χ2n) is 8.85. The average molecular weight is 407 g/mol. The van der Waals surface area contributed by atoms with Gasteiger partial charge in [0.15, 0.2) is 0 Å². The van der Waals surface area contributed by atoms with Crippen LogP contribution in [0.5, 0.6) is 5.75 Å². The summed E-state index contributed by atoms with van der Waals surface area (Å²) >= 11 is 1.51. The Kier molecular flexibility index (Phi) is 4.78. The number of phenolic OH excluding ortho intramolecular Hbond substituents is 1. The molecule has 1 aliphatic rings. The zero-order chi connectivity index (χ0) is 20.9. The molecule has 0 bridgehead atoms. The van der Waals surface area contributed by atoms with E-state index in [0.29, 0.717) is 16.1 Å². The van der Waals surface area contributed by atoms with Gasteiger partial charge in [0.2, 0.25) is 0 Å². The molecule has 4 nitrogen and oxygen atoms in total. The van der Waals surface area contributed by atoms with Crippen LogP contribution in [0.25, 0.3) is 11.0 Å². The molecule has 0 amide bonds. The smallest absolute Gasteiger partial charge is 0.135 e. The number of thiophene rings is 1. The fourth-order valence-corrected chi connectivity index (χ4v) is 5.05. The van der Waals surface area contributed by atoms with Crippen LogP contribution in [-0.4, -0.2) is 11.3 Å².